The van der Waals surface area contributed by atoms with Gasteiger partial charge in [-0.05, 0) is 31.2 Å². The molecule has 0 radical (unpaired) electrons. The highest BCUT2D eigenvalue weighted by atomic mass is 32.2. The summed E-state index contributed by atoms with van der Waals surface area (Å²) in [6, 6.07) is 5.82. The first-order valence-electron chi connectivity index (χ1n) is 5.67. The van der Waals surface area contributed by atoms with Crippen LogP contribution in [-0.4, -0.2) is 25.2 Å². The Kier molecular flexibility index (Phi) is 4.03. The van der Waals surface area contributed by atoms with Gasteiger partial charge in [-0.15, -0.1) is 0 Å². The summed E-state index contributed by atoms with van der Waals surface area (Å²) in [6.45, 7) is 1.62. The Labute approximate surface area is 118 Å². The topological polar surface area (TPSA) is 89.3 Å². The number of halogens is 2. The highest BCUT2D eigenvalue weighted by Crippen LogP contribution is 2.20. The Balaban J connectivity index is 2.15. The lowest BCUT2D eigenvalue weighted by Gasteiger charge is -2.05. The third-order valence-corrected chi connectivity index (χ3v) is 3.93. The SMILES string of the molecule is Cc1cc(C(=O)Nc2ccc(S(=O)(=O)C(F)F)cc2)no1. The molecule has 112 valence electrons. The second-order valence-electron chi connectivity index (χ2n) is 4.11. The Hall–Kier alpha value is -2.29. The van der Waals surface area contributed by atoms with Gasteiger partial charge in [-0.2, -0.15) is 8.78 Å². The van der Waals surface area contributed by atoms with Crippen LogP contribution in [-0.2, 0) is 9.84 Å². The van der Waals surface area contributed by atoms with Crippen molar-refractivity contribution >= 4 is 21.4 Å². The smallest absolute Gasteiger partial charge is 0.341 e. The van der Waals surface area contributed by atoms with Crippen molar-refractivity contribution < 1.29 is 26.5 Å². The van der Waals surface area contributed by atoms with Crippen LogP contribution in [0.3, 0.4) is 0 Å². The molecule has 1 N–H and O–H groups in total. The van der Waals surface area contributed by atoms with Crippen molar-refractivity contribution in [2.45, 2.75) is 17.6 Å². The molecule has 2 rings (SSSR count). The van der Waals surface area contributed by atoms with Crippen molar-refractivity contribution in [3.05, 3.63) is 41.8 Å². The van der Waals surface area contributed by atoms with E-state index in [9.17, 15) is 22.0 Å². The maximum atomic E-state index is 12.4. The van der Waals surface area contributed by atoms with Crippen LogP contribution in [0.15, 0.2) is 39.8 Å². The largest absolute Gasteiger partial charge is 0.361 e. The molecule has 0 unspecified atom stereocenters. The fourth-order valence-electron chi connectivity index (χ4n) is 1.50. The van der Waals surface area contributed by atoms with E-state index in [1.54, 1.807) is 6.92 Å². The highest BCUT2D eigenvalue weighted by molar-refractivity contribution is 7.91. The van der Waals surface area contributed by atoms with Crippen LogP contribution in [0.5, 0.6) is 0 Å². The lowest BCUT2D eigenvalue weighted by atomic mass is 10.3. The van der Waals surface area contributed by atoms with Gasteiger partial charge in [-0.25, -0.2) is 8.42 Å². The van der Waals surface area contributed by atoms with Gasteiger partial charge in [0.2, 0.25) is 9.84 Å². The molecule has 0 fully saturated rings. The van der Waals surface area contributed by atoms with E-state index in [4.69, 9.17) is 4.52 Å². The second-order valence-corrected chi connectivity index (χ2v) is 6.02. The maximum Gasteiger partial charge on any atom is 0.341 e. The van der Waals surface area contributed by atoms with Gasteiger partial charge in [0.1, 0.15) is 5.76 Å². The van der Waals surface area contributed by atoms with Gasteiger partial charge in [0.05, 0.1) is 4.90 Å². The first-order valence-corrected chi connectivity index (χ1v) is 7.22. The fourth-order valence-corrected chi connectivity index (χ4v) is 2.22. The van der Waals surface area contributed by atoms with Crippen LogP contribution in [0.25, 0.3) is 0 Å². The summed E-state index contributed by atoms with van der Waals surface area (Å²) < 4.78 is 51.9. The van der Waals surface area contributed by atoms with Crippen molar-refractivity contribution in [2.75, 3.05) is 5.32 Å². The number of amides is 1. The summed E-state index contributed by atoms with van der Waals surface area (Å²) in [5.41, 5.74) is 0.297. The molecule has 0 saturated carbocycles. The molecular weight excluding hydrogens is 306 g/mol. The first kappa shape index (κ1) is 15.1. The number of carbonyl (C=O) groups excluding carboxylic acids is 1. The molecule has 21 heavy (non-hydrogen) atoms. The molecule has 1 heterocycles. The van der Waals surface area contributed by atoms with E-state index in [0.717, 1.165) is 12.1 Å². The number of nitrogens with zero attached hydrogens (tertiary/aromatic N) is 1. The van der Waals surface area contributed by atoms with Gasteiger partial charge < -0.3 is 9.84 Å². The van der Waals surface area contributed by atoms with Gasteiger partial charge in [0.25, 0.3) is 5.91 Å². The Morgan fingerprint density at radius 2 is 1.90 bits per heavy atom. The second kappa shape index (κ2) is 5.60. The zero-order valence-electron chi connectivity index (χ0n) is 10.7. The van der Waals surface area contributed by atoms with Gasteiger partial charge in [0, 0.05) is 11.8 Å². The van der Waals surface area contributed by atoms with E-state index in [2.05, 4.69) is 10.5 Å². The normalized spacial score (nSPS) is 11.6. The van der Waals surface area contributed by atoms with E-state index < -0.39 is 26.4 Å². The molecule has 0 spiro atoms. The summed E-state index contributed by atoms with van der Waals surface area (Å²) >= 11 is 0. The number of hydrogen-bond donors (Lipinski definition) is 1. The zero-order valence-corrected chi connectivity index (χ0v) is 11.5. The third kappa shape index (κ3) is 3.24. The Morgan fingerprint density at radius 3 is 2.38 bits per heavy atom. The maximum absolute atomic E-state index is 12.4. The average molecular weight is 316 g/mol. The van der Waals surface area contributed by atoms with Gasteiger partial charge in [-0.1, -0.05) is 5.16 Å². The lowest BCUT2D eigenvalue weighted by molar-refractivity contribution is 0.101. The van der Waals surface area contributed by atoms with Crippen molar-refractivity contribution in [3.8, 4) is 0 Å². The predicted molar refractivity (Wildman–Crippen MR) is 68.8 cm³/mol. The third-order valence-electron chi connectivity index (χ3n) is 2.54. The molecular formula is C12H10F2N2O4S. The van der Waals surface area contributed by atoms with Crippen molar-refractivity contribution in [2.24, 2.45) is 0 Å². The molecule has 2 aromatic rings. The number of sulfone groups is 1. The van der Waals surface area contributed by atoms with E-state index in [-0.39, 0.29) is 11.4 Å². The molecule has 0 aliphatic carbocycles. The molecule has 0 saturated heterocycles. The molecule has 0 aliphatic rings. The molecule has 1 aromatic heterocycles. The van der Waals surface area contributed by atoms with Crippen molar-refractivity contribution in [1.82, 2.24) is 5.16 Å². The number of anilines is 1. The minimum Gasteiger partial charge on any atom is -0.361 e. The van der Waals surface area contributed by atoms with Gasteiger partial charge in [-0.3, -0.25) is 4.79 Å². The number of aromatic nitrogens is 1. The molecule has 0 bridgehead atoms. The number of carbonyl (C=O) groups is 1. The minimum absolute atomic E-state index is 0.0526. The highest BCUT2D eigenvalue weighted by Gasteiger charge is 2.26. The molecule has 1 amide bonds. The average Bonchev–Trinajstić information content (AvgIpc) is 2.86. The quantitative estimate of drug-likeness (QED) is 0.934. The zero-order chi connectivity index (χ0) is 15.6. The summed E-state index contributed by atoms with van der Waals surface area (Å²) in [6.07, 6.45) is 0. The number of aryl methyl sites for hydroxylation is 1. The van der Waals surface area contributed by atoms with Crippen LogP contribution in [0.4, 0.5) is 14.5 Å². The van der Waals surface area contributed by atoms with Gasteiger partial charge >= 0.3 is 5.76 Å². The fraction of sp³-hybridized carbons (Fsp3) is 0.167. The summed E-state index contributed by atoms with van der Waals surface area (Å²) in [5, 5.41) is 5.95. The van der Waals surface area contributed by atoms with E-state index >= 15 is 0 Å². The Morgan fingerprint density at radius 1 is 1.29 bits per heavy atom. The standard InChI is InChI=1S/C12H10F2N2O4S/c1-7-6-10(16-20-7)11(17)15-8-2-4-9(5-3-8)21(18,19)12(13)14/h2-6,12H,1H3,(H,15,17). The first-order chi connectivity index (χ1) is 9.80. The molecule has 0 aliphatic heterocycles. The summed E-state index contributed by atoms with van der Waals surface area (Å²) in [5.74, 6) is -3.59. The molecule has 1 aromatic carbocycles. The number of alkyl halides is 2. The Bertz CT molecular complexity index is 754. The van der Waals surface area contributed by atoms with Crippen LogP contribution < -0.4 is 5.32 Å². The summed E-state index contributed by atoms with van der Waals surface area (Å²) in [4.78, 5) is 11.2. The number of benzene rings is 1. The molecule has 9 heteroatoms. The van der Waals surface area contributed by atoms with E-state index in [1.165, 1.54) is 18.2 Å². The summed E-state index contributed by atoms with van der Waals surface area (Å²) in [7, 11) is -4.64. The number of rotatable bonds is 4. The monoisotopic (exact) mass is 316 g/mol. The van der Waals surface area contributed by atoms with Gasteiger partial charge in [0.15, 0.2) is 5.69 Å². The van der Waals surface area contributed by atoms with Crippen LogP contribution >= 0.6 is 0 Å². The lowest BCUT2D eigenvalue weighted by Crippen LogP contribution is -2.13. The van der Waals surface area contributed by atoms with Crippen molar-refractivity contribution in [1.29, 1.82) is 0 Å². The molecule has 0 atom stereocenters. The number of hydrogen-bond acceptors (Lipinski definition) is 5. The van der Waals surface area contributed by atoms with E-state index in [0.29, 0.717) is 5.76 Å². The van der Waals surface area contributed by atoms with Crippen LogP contribution in [0.2, 0.25) is 0 Å². The van der Waals surface area contributed by atoms with Crippen molar-refractivity contribution in [3.63, 3.8) is 0 Å². The predicted octanol–water partition coefficient (Wildman–Crippen LogP) is 2.23. The van der Waals surface area contributed by atoms with Crippen LogP contribution in [0.1, 0.15) is 16.2 Å². The van der Waals surface area contributed by atoms with E-state index in [1.807, 2.05) is 0 Å². The van der Waals surface area contributed by atoms with Crippen LogP contribution in [0, 0.1) is 6.92 Å². The number of nitrogens with one attached hydrogen (secondary N) is 1. The minimum atomic E-state index is -4.64. The molecule has 6 nitrogen and oxygen atoms in total.